The van der Waals surface area contributed by atoms with Crippen molar-refractivity contribution in [1.29, 1.82) is 0 Å². The molecule has 4 heterocycles. The summed E-state index contributed by atoms with van der Waals surface area (Å²) in [5, 5.41) is 8.48. The lowest BCUT2D eigenvalue weighted by Crippen LogP contribution is -2.38. The molecule has 0 aliphatic carbocycles. The van der Waals surface area contributed by atoms with Crippen molar-refractivity contribution < 1.29 is 22.7 Å². The summed E-state index contributed by atoms with van der Waals surface area (Å²) in [6.07, 6.45) is 3.04. The van der Waals surface area contributed by atoms with Crippen LogP contribution < -0.4 is 26.0 Å². The van der Waals surface area contributed by atoms with E-state index in [0.717, 1.165) is 33.8 Å². The standard InChI is InChI=1S/C33H36N8O5S2/c1-5-13-39(3)19-28(42)40-14-10-21-17-27(46-4)25(18-26(21)40)36-33-37-31(35-24-12-16-47-29(24)30(34)43)23-11-15-41(32(23)38-33)48(44,45)22-8-6-20(2)7-9-22/h6-9,11-12,15-18H,5,10,13-14,19H2,1-4H3,(H2,34,43)(H2,35,36,37,38). The van der Waals surface area contributed by atoms with Crippen molar-refractivity contribution in [2.45, 2.75) is 31.6 Å². The lowest BCUT2D eigenvalue weighted by Gasteiger charge is -2.22. The molecule has 0 spiro atoms. The van der Waals surface area contributed by atoms with Gasteiger partial charge in [-0.05, 0) is 80.7 Å². The van der Waals surface area contributed by atoms with Gasteiger partial charge in [0.1, 0.15) is 16.4 Å². The summed E-state index contributed by atoms with van der Waals surface area (Å²) >= 11 is 1.17. The number of hydrogen-bond donors (Lipinski definition) is 3. The number of nitrogens with two attached hydrogens (primary N) is 1. The van der Waals surface area contributed by atoms with Gasteiger partial charge < -0.3 is 26.0 Å². The van der Waals surface area contributed by atoms with E-state index in [2.05, 4.69) is 22.5 Å². The second-order valence-electron chi connectivity index (χ2n) is 11.6. The van der Waals surface area contributed by atoms with Gasteiger partial charge in [0, 0.05) is 18.4 Å². The lowest BCUT2D eigenvalue weighted by molar-refractivity contribution is -0.119. The molecule has 0 fully saturated rings. The first-order valence-electron chi connectivity index (χ1n) is 15.3. The molecule has 2 amide bonds. The zero-order valence-electron chi connectivity index (χ0n) is 27.0. The summed E-state index contributed by atoms with van der Waals surface area (Å²) in [7, 11) is -0.584. The summed E-state index contributed by atoms with van der Waals surface area (Å²) in [5.41, 5.74) is 9.25. The lowest BCUT2D eigenvalue weighted by atomic mass is 10.1. The van der Waals surface area contributed by atoms with Crippen molar-refractivity contribution in [3.63, 3.8) is 0 Å². The Labute approximate surface area is 282 Å². The summed E-state index contributed by atoms with van der Waals surface area (Å²) < 4.78 is 34.5. The number of rotatable bonds is 12. The average molecular weight is 689 g/mol. The van der Waals surface area contributed by atoms with Crippen LogP contribution >= 0.6 is 11.3 Å². The predicted octanol–water partition coefficient (Wildman–Crippen LogP) is 4.86. The molecule has 3 aromatic heterocycles. The molecule has 0 saturated heterocycles. The van der Waals surface area contributed by atoms with Crippen LogP contribution in [0.1, 0.15) is 34.1 Å². The number of carbonyl (C=O) groups is 2. The molecule has 4 N–H and O–H groups in total. The minimum Gasteiger partial charge on any atom is -0.495 e. The van der Waals surface area contributed by atoms with E-state index in [9.17, 15) is 18.0 Å². The van der Waals surface area contributed by atoms with E-state index in [1.165, 1.54) is 17.5 Å². The molecule has 2 aromatic carbocycles. The third-order valence-electron chi connectivity index (χ3n) is 8.09. The van der Waals surface area contributed by atoms with Crippen LogP contribution in [0.15, 0.2) is 65.0 Å². The van der Waals surface area contributed by atoms with Gasteiger partial charge in [-0.25, -0.2) is 12.4 Å². The Hall–Kier alpha value is -4.99. The molecular formula is C33H36N8O5S2. The van der Waals surface area contributed by atoms with Crippen molar-refractivity contribution in [2.24, 2.45) is 5.73 Å². The normalized spacial score (nSPS) is 12.8. The van der Waals surface area contributed by atoms with Crippen LogP contribution in [-0.2, 0) is 21.2 Å². The third-order valence-corrected chi connectivity index (χ3v) is 10.7. The number of nitrogens with zero attached hydrogens (tertiary/aromatic N) is 5. The highest BCUT2D eigenvalue weighted by atomic mass is 32.2. The smallest absolute Gasteiger partial charge is 0.269 e. The summed E-state index contributed by atoms with van der Waals surface area (Å²) in [4.78, 5) is 38.9. The maximum atomic E-state index is 13.8. The highest BCUT2D eigenvalue weighted by Crippen LogP contribution is 2.39. The number of thiophene rings is 1. The van der Waals surface area contributed by atoms with E-state index in [0.29, 0.717) is 42.0 Å². The van der Waals surface area contributed by atoms with E-state index in [1.807, 2.05) is 31.0 Å². The van der Waals surface area contributed by atoms with Gasteiger partial charge in [0.2, 0.25) is 11.9 Å². The Kier molecular flexibility index (Phi) is 9.09. The summed E-state index contributed by atoms with van der Waals surface area (Å²) in [6.45, 7) is 5.60. The summed E-state index contributed by atoms with van der Waals surface area (Å²) in [5.74, 6) is 0.179. The Morgan fingerprint density at radius 1 is 1.08 bits per heavy atom. The Morgan fingerprint density at radius 2 is 1.85 bits per heavy atom. The molecule has 0 radical (unpaired) electrons. The molecule has 1 aliphatic heterocycles. The van der Waals surface area contributed by atoms with Gasteiger partial charge in [0.15, 0.2) is 5.65 Å². The van der Waals surface area contributed by atoms with Crippen molar-refractivity contribution in [1.82, 2.24) is 18.8 Å². The summed E-state index contributed by atoms with van der Waals surface area (Å²) in [6, 6.07) is 13.5. The van der Waals surface area contributed by atoms with Gasteiger partial charge in [-0.1, -0.05) is 24.6 Å². The van der Waals surface area contributed by atoms with Crippen molar-refractivity contribution in [3.05, 3.63) is 76.1 Å². The molecule has 1 aliphatic rings. The van der Waals surface area contributed by atoms with Crippen LogP contribution in [0, 0.1) is 6.92 Å². The number of primary amides is 1. The number of benzene rings is 2. The number of nitrogens with one attached hydrogen (secondary N) is 2. The first-order chi connectivity index (χ1) is 23.0. The predicted molar refractivity (Wildman–Crippen MR) is 188 cm³/mol. The van der Waals surface area contributed by atoms with Crippen LogP contribution in [0.3, 0.4) is 0 Å². The number of aryl methyl sites for hydroxylation is 1. The van der Waals surface area contributed by atoms with E-state index >= 15 is 0 Å². The van der Waals surface area contributed by atoms with Crippen molar-refractivity contribution in [3.8, 4) is 5.75 Å². The first kappa shape index (κ1) is 32.9. The molecule has 13 nitrogen and oxygen atoms in total. The molecule has 48 heavy (non-hydrogen) atoms. The van der Waals surface area contributed by atoms with Gasteiger partial charge >= 0.3 is 0 Å². The maximum Gasteiger partial charge on any atom is 0.269 e. The number of anilines is 5. The Bertz CT molecular complexity index is 2130. The zero-order chi connectivity index (χ0) is 34.2. The number of likely N-dealkylation sites (N-methyl/N-ethyl adjacent to an activating group) is 1. The zero-order valence-corrected chi connectivity index (χ0v) is 28.6. The molecule has 15 heteroatoms. The van der Waals surface area contributed by atoms with Gasteiger partial charge in [-0.3, -0.25) is 14.5 Å². The number of hydrogen-bond acceptors (Lipinski definition) is 11. The largest absolute Gasteiger partial charge is 0.495 e. The second-order valence-corrected chi connectivity index (χ2v) is 14.3. The van der Waals surface area contributed by atoms with Gasteiger partial charge in [-0.2, -0.15) is 9.97 Å². The van der Waals surface area contributed by atoms with E-state index in [1.54, 1.807) is 53.8 Å². The van der Waals surface area contributed by atoms with Crippen LogP contribution in [0.2, 0.25) is 0 Å². The fourth-order valence-corrected chi connectivity index (χ4v) is 7.72. The number of amides is 2. The van der Waals surface area contributed by atoms with E-state index in [4.69, 9.17) is 15.5 Å². The van der Waals surface area contributed by atoms with Gasteiger partial charge in [0.05, 0.1) is 35.3 Å². The number of methoxy groups -OCH3 is 1. The number of ether oxygens (including phenoxy) is 1. The maximum absolute atomic E-state index is 13.8. The van der Waals surface area contributed by atoms with Crippen LogP contribution in [-0.4, -0.2) is 72.9 Å². The minimum absolute atomic E-state index is 0.00914. The van der Waals surface area contributed by atoms with Gasteiger partial charge in [0.25, 0.3) is 15.9 Å². The fourth-order valence-electron chi connectivity index (χ4n) is 5.72. The molecule has 0 atom stereocenters. The van der Waals surface area contributed by atoms with Crippen LogP contribution in [0.25, 0.3) is 11.0 Å². The monoisotopic (exact) mass is 688 g/mol. The van der Waals surface area contributed by atoms with Crippen LogP contribution in [0.5, 0.6) is 5.75 Å². The number of carbonyl (C=O) groups excluding carboxylic acids is 2. The van der Waals surface area contributed by atoms with Crippen molar-refractivity contribution >= 4 is 73.0 Å². The number of aromatic nitrogens is 3. The van der Waals surface area contributed by atoms with E-state index < -0.39 is 15.9 Å². The molecule has 0 saturated carbocycles. The third kappa shape index (κ3) is 6.31. The first-order valence-corrected chi connectivity index (χ1v) is 17.6. The number of fused-ring (bicyclic) bond motifs is 2. The highest BCUT2D eigenvalue weighted by Gasteiger charge is 2.28. The highest BCUT2D eigenvalue weighted by molar-refractivity contribution is 7.90. The average Bonchev–Trinajstić information content (AvgIpc) is 3.80. The Balaban J connectivity index is 1.44. The molecule has 250 valence electrons. The molecule has 0 unspecified atom stereocenters. The second kappa shape index (κ2) is 13.3. The molecule has 5 aromatic rings. The molecule has 0 bridgehead atoms. The topological polar surface area (TPSA) is 165 Å². The molecule has 6 rings (SSSR count). The quantitative estimate of drug-likeness (QED) is 0.165. The Morgan fingerprint density at radius 3 is 2.56 bits per heavy atom. The van der Waals surface area contributed by atoms with Crippen LogP contribution in [0.4, 0.5) is 28.8 Å². The molecular weight excluding hydrogens is 653 g/mol. The van der Waals surface area contributed by atoms with Gasteiger partial charge in [-0.15, -0.1) is 11.3 Å². The van der Waals surface area contributed by atoms with Crippen molar-refractivity contribution in [2.75, 3.05) is 49.3 Å². The van der Waals surface area contributed by atoms with E-state index in [-0.39, 0.29) is 33.1 Å². The fraction of sp³-hybridized carbons (Fsp3) is 0.273. The SMILES string of the molecule is CCCN(C)CC(=O)N1CCc2cc(OC)c(Nc3nc(Nc4ccsc4C(N)=O)c4ccn(S(=O)(=O)c5ccc(C)cc5)c4n3)cc21. The minimum atomic E-state index is -4.06.